The van der Waals surface area contributed by atoms with Gasteiger partial charge in [0, 0.05) is 25.7 Å². The number of anilines is 1. The van der Waals surface area contributed by atoms with Crippen molar-refractivity contribution in [2.45, 2.75) is 31.7 Å². The number of rotatable bonds is 4. The maximum Gasteiger partial charge on any atom is 0.224 e. The van der Waals surface area contributed by atoms with Gasteiger partial charge in [-0.1, -0.05) is 12.1 Å². The van der Waals surface area contributed by atoms with Crippen molar-refractivity contribution < 1.29 is 9.53 Å². The smallest absolute Gasteiger partial charge is 0.224 e. The van der Waals surface area contributed by atoms with E-state index in [1.807, 2.05) is 18.2 Å². The predicted molar refractivity (Wildman–Crippen MR) is 92.0 cm³/mol. The molecule has 2 aliphatic rings. The normalized spacial score (nSPS) is 22.7. The number of ether oxygens (including phenoxy) is 1. The molecule has 5 heteroatoms. The number of hydrogen-bond acceptors (Lipinski definition) is 4. The first-order chi connectivity index (χ1) is 11.3. The van der Waals surface area contributed by atoms with Gasteiger partial charge in [0.2, 0.25) is 5.91 Å². The second-order valence-corrected chi connectivity index (χ2v) is 6.49. The highest BCUT2D eigenvalue weighted by atomic mass is 16.5. The summed E-state index contributed by atoms with van der Waals surface area (Å²) in [5.74, 6) is 1.30. The molecular weight excluding hydrogens is 290 g/mol. The summed E-state index contributed by atoms with van der Waals surface area (Å²) in [6.07, 6.45) is 4.09. The Morgan fingerprint density at radius 1 is 1.26 bits per heavy atom. The first kappa shape index (κ1) is 16.1. The van der Waals surface area contributed by atoms with Crippen LogP contribution in [0.1, 0.15) is 25.7 Å². The molecule has 3 rings (SSSR count). The largest absolute Gasteiger partial charge is 0.495 e. The van der Waals surface area contributed by atoms with E-state index < -0.39 is 0 Å². The molecule has 1 atom stereocenters. The number of amides is 1. The van der Waals surface area contributed by atoms with Gasteiger partial charge in [0.15, 0.2) is 0 Å². The second kappa shape index (κ2) is 7.68. The lowest BCUT2D eigenvalue weighted by molar-refractivity contribution is -0.126. The van der Waals surface area contributed by atoms with Crippen LogP contribution in [0.2, 0.25) is 0 Å². The molecule has 2 heterocycles. The number of methoxy groups -OCH3 is 1. The Morgan fingerprint density at radius 3 is 2.74 bits per heavy atom. The third-order valence-electron chi connectivity index (χ3n) is 4.93. The molecule has 0 aliphatic carbocycles. The van der Waals surface area contributed by atoms with Gasteiger partial charge in [-0.15, -0.1) is 0 Å². The van der Waals surface area contributed by atoms with Gasteiger partial charge in [0.05, 0.1) is 18.7 Å². The van der Waals surface area contributed by atoms with Crippen molar-refractivity contribution in [2.24, 2.45) is 5.92 Å². The van der Waals surface area contributed by atoms with Crippen LogP contribution < -0.4 is 20.3 Å². The highest BCUT2D eigenvalue weighted by Gasteiger charge is 2.26. The van der Waals surface area contributed by atoms with Crippen molar-refractivity contribution in [1.82, 2.24) is 10.6 Å². The molecule has 0 spiro atoms. The number of piperidine rings is 2. The topological polar surface area (TPSA) is 53.6 Å². The van der Waals surface area contributed by atoms with Gasteiger partial charge in [-0.05, 0) is 44.4 Å². The molecule has 126 valence electrons. The lowest BCUT2D eigenvalue weighted by Crippen LogP contribution is -2.48. The lowest BCUT2D eigenvalue weighted by atomic mass is 9.97. The van der Waals surface area contributed by atoms with Crippen LogP contribution >= 0.6 is 0 Å². The SMILES string of the molecule is COc1ccccc1N1CCC(NC(=O)C2CCCNC2)CC1. The van der Waals surface area contributed by atoms with Crippen LogP contribution in [0, 0.1) is 5.92 Å². The maximum atomic E-state index is 12.3. The van der Waals surface area contributed by atoms with Crippen molar-refractivity contribution in [3.63, 3.8) is 0 Å². The fourth-order valence-electron chi connectivity index (χ4n) is 3.55. The number of carbonyl (C=O) groups excluding carboxylic acids is 1. The Bertz CT molecular complexity index is 521. The summed E-state index contributed by atoms with van der Waals surface area (Å²) in [7, 11) is 1.71. The number of benzene rings is 1. The van der Waals surface area contributed by atoms with Crippen LogP contribution in [-0.4, -0.2) is 45.2 Å². The third kappa shape index (κ3) is 3.96. The standard InChI is InChI=1S/C18H27N3O2/c1-23-17-7-3-2-6-16(17)21-11-8-15(9-12-21)20-18(22)14-5-4-10-19-13-14/h2-3,6-7,14-15,19H,4-5,8-13H2,1H3,(H,20,22). The minimum atomic E-state index is 0.149. The molecule has 2 saturated heterocycles. The number of hydrogen-bond donors (Lipinski definition) is 2. The van der Waals surface area contributed by atoms with Crippen LogP contribution in [0.3, 0.4) is 0 Å². The molecule has 2 aliphatic heterocycles. The molecule has 1 aromatic carbocycles. The van der Waals surface area contributed by atoms with E-state index in [0.717, 1.165) is 63.3 Å². The Balaban J connectivity index is 1.51. The summed E-state index contributed by atoms with van der Waals surface area (Å²) >= 11 is 0. The molecule has 1 aromatic rings. The van der Waals surface area contributed by atoms with Crippen LogP contribution in [0.4, 0.5) is 5.69 Å². The van der Waals surface area contributed by atoms with E-state index in [2.05, 4.69) is 21.6 Å². The maximum absolute atomic E-state index is 12.3. The molecule has 0 bridgehead atoms. The van der Waals surface area contributed by atoms with Gasteiger partial charge < -0.3 is 20.3 Å². The molecule has 0 aromatic heterocycles. The molecular formula is C18H27N3O2. The number of nitrogens with one attached hydrogen (secondary N) is 2. The Labute approximate surface area is 138 Å². The molecule has 2 N–H and O–H groups in total. The second-order valence-electron chi connectivity index (χ2n) is 6.49. The number of nitrogens with zero attached hydrogens (tertiary/aromatic N) is 1. The van der Waals surface area contributed by atoms with Gasteiger partial charge in [0.1, 0.15) is 5.75 Å². The molecule has 1 unspecified atom stereocenters. The summed E-state index contributed by atoms with van der Waals surface area (Å²) < 4.78 is 5.45. The van der Waals surface area contributed by atoms with Crippen LogP contribution in [0.15, 0.2) is 24.3 Å². The van der Waals surface area contributed by atoms with Gasteiger partial charge in [-0.25, -0.2) is 0 Å². The van der Waals surface area contributed by atoms with Crippen LogP contribution in [-0.2, 0) is 4.79 Å². The molecule has 0 saturated carbocycles. The van der Waals surface area contributed by atoms with E-state index in [9.17, 15) is 4.79 Å². The van der Waals surface area contributed by atoms with Gasteiger partial charge >= 0.3 is 0 Å². The molecule has 5 nitrogen and oxygen atoms in total. The zero-order valence-electron chi connectivity index (χ0n) is 13.9. The molecule has 23 heavy (non-hydrogen) atoms. The van der Waals surface area contributed by atoms with Crippen molar-refractivity contribution in [3.8, 4) is 5.75 Å². The summed E-state index contributed by atoms with van der Waals surface area (Å²) in [5, 5.41) is 6.56. The molecule has 1 amide bonds. The summed E-state index contributed by atoms with van der Waals surface area (Å²) in [6, 6.07) is 8.44. The summed E-state index contributed by atoms with van der Waals surface area (Å²) in [5.41, 5.74) is 1.15. The fourth-order valence-corrected chi connectivity index (χ4v) is 3.55. The third-order valence-corrected chi connectivity index (χ3v) is 4.93. The highest BCUT2D eigenvalue weighted by Crippen LogP contribution is 2.29. The van der Waals surface area contributed by atoms with Crippen LogP contribution in [0.25, 0.3) is 0 Å². The van der Waals surface area contributed by atoms with Crippen LogP contribution in [0.5, 0.6) is 5.75 Å². The zero-order valence-corrected chi connectivity index (χ0v) is 13.9. The zero-order chi connectivity index (χ0) is 16.1. The van der Waals surface area contributed by atoms with E-state index >= 15 is 0 Å². The van der Waals surface area contributed by atoms with E-state index in [4.69, 9.17) is 4.74 Å². The van der Waals surface area contributed by atoms with E-state index in [0.29, 0.717) is 6.04 Å². The minimum Gasteiger partial charge on any atom is -0.495 e. The van der Waals surface area contributed by atoms with E-state index in [1.54, 1.807) is 7.11 Å². The first-order valence-electron chi connectivity index (χ1n) is 8.67. The van der Waals surface area contributed by atoms with Crippen molar-refractivity contribution >= 4 is 11.6 Å². The van der Waals surface area contributed by atoms with E-state index in [-0.39, 0.29) is 11.8 Å². The predicted octanol–water partition coefficient (Wildman–Crippen LogP) is 1.78. The summed E-state index contributed by atoms with van der Waals surface area (Å²) in [4.78, 5) is 14.7. The van der Waals surface area contributed by atoms with Gasteiger partial charge in [-0.2, -0.15) is 0 Å². The monoisotopic (exact) mass is 317 g/mol. The average molecular weight is 317 g/mol. The highest BCUT2D eigenvalue weighted by molar-refractivity contribution is 5.79. The van der Waals surface area contributed by atoms with Crippen molar-refractivity contribution in [2.75, 3.05) is 38.2 Å². The van der Waals surface area contributed by atoms with E-state index in [1.165, 1.54) is 0 Å². The summed E-state index contributed by atoms with van der Waals surface area (Å²) in [6.45, 7) is 3.77. The molecule has 0 radical (unpaired) electrons. The number of carbonyl (C=O) groups is 1. The Hall–Kier alpha value is -1.75. The van der Waals surface area contributed by atoms with Gasteiger partial charge in [0.25, 0.3) is 0 Å². The number of para-hydroxylation sites is 2. The fraction of sp³-hybridized carbons (Fsp3) is 0.611. The van der Waals surface area contributed by atoms with Crippen molar-refractivity contribution in [1.29, 1.82) is 0 Å². The Kier molecular flexibility index (Phi) is 5.39. The minimum absolute atomic E-state index is 0.149. The average Bonchev–Trinajstić information content (AvgIpc) is 2.63. The molecule has 2 fully saturated rings. The lowest BCUT2D eigenvalue weighted by Gasteiger charge is -2.35. The van der Waals surface area contributed by atoms with Crippen molar-refractivity contribution in [3.05, 3.63) is 24.3 Å². The Morgan fingerprint density at radius 2 is 2.04 bits per heavy atom. The quantitative estimate of drug-likeness (QED) is 0.889. The first-order valence-corrected chi connectivity index (χ1v) is 8.67. The van der Waals surface area contributed by atoms with Gasteiger partial charge in [-0.3, -0.25) is 4.79 Å².